The summed E-state index contributed by atoms with van der Waals surface area (Å²) in [4.78, 5) is 21.2. The Labute approximate surface area is 82.7 Å². The molecule has 80 valence electrons. The van der Waals surface area contributed by atoms with Gasteiger partial charge in [0.15, 0.2) is 0 Å². The summed E-state index contributed by atoms with van der Waals surface area (Å²) in [6, 6.07) is -0.442. The summed E-state index contributed by atoms with van der Waals surface area (Å²) in [6.45, 7) is 0.538. The molecule has 0 heterocycles. The molecule has 5 nitrogen and oxygen atoms in total. The maximum absolute atomic E-state index is 10.8. The molecule has 1 unspecified atom stereocenters. The number of amides is 1. The highest BCUT2D eigenvalue weighted by Gasteiger charge is 2.35. The number of hydrogen-bond acceptors (Lipinski definition) is 3. The second kappa shape index (κ2) is 4.95. The van der Waals surface area contributed by atoms with Gasteiger partial charge < -0.3 is 16.2 Å². The van der Waals surface area contributed by atoms with Crippen molar-refractivity contribution < 1.29 is 14.7 Å². The normalized spacial score (nSPS) is 17.7. The Balaban J connectivity index is 2.14. The largest absolute Gasteiger partial charge is 0.480 e. The van der Waals surface area contributed by atoms with Crippen molar-refractivity contribution in [1.82, 2.24) is 5.32 Å². The van der Waals surface area contributed by atoms with Crippen LogP contribution in [0.15, 0.2) is 0 Å². The van der Waals surface area contributed by atoms with Gasteiger partial charge in [0.2, 0.25) is 5.91 Å². The van der Waals surface area contributed by atoms with Crippen molar-refractivity contribution in [2.45, 2.75) is 31.7 Å². The second-order valence-electron chi connectivity index (χ2n) is 3.68. The molecule has 0 saturated heterocycles. The van der Waals surface area contributed by atoms with E-state index in [1.807, 2.05) is 0 Å². The minimum atomic E-state index is -0.799. The number of hydrogen-bond donors (Lipinski definition) is 3. The molecule has 1 rings (SSSR count). The van der Waals surface area contributed by atoms with Gasteiger partial charge in [0.25, 0.3) is 0 Å². The number of carbonyl (C=O) groups excluding carboxylic acids is 1. The first-order valence-electron chi connectivity index (χ1n) is 4.85. The Bertz CT molecular complexity index is 226. The summed E-state index contributed by atoms with van der Waals surface area (Å²) in [7, 11) is 0. The van der Waals surface area contributed by atoms with Crippen molar-refractivity contribution in [3.05, 3.63) is 0 Å². The third-order valence-electron chi connectivity index (χ3n) is 2.32. The zero-order valence-electron chi connectivity index (χ0n) is 8.03. The fraction of sp³-hybridized carbons (Fsp3) is 0.778. The Morgan fingerprint density at radius 3 is 2.57 bits per heavy atom. The van der Waals surface area contributed by atoms with Crippen LogP contribution in [0.3, 0.4) is 0 Å². The minimum Gasteiger partial charge on any atom is -0.480 e. The molecular weight excluding hydrogens is 184 g/mol. The molecule has 0 radical (unpaired) electrons. The summed E-state index contributed by atoms with van der Waals surface area (Å²) in [5.41, 5.74) is 4.96. The molecule has 0 spiro atoms. The zero-order valence-corrected chi connectivity index (χ0v) is 8.03. The van der Waals surface area contributed by atoms with Crippen molar-refractivity contribution >= 4 is 11.9 Å². The Morgan fingerprint density at radius 2 is 2.14 bits per heavy atom. The molecule has 0 aromatic rings. The highest BCUT2D eigenvalue weighted by molar-refractivity contribution is 5.74. The number of carbonyl (C=O) groups is 2. The highest BCUT2D eigenvalue weighted by atomic mass is 16.4. The van der Waals surface area contributed by atoms with E-state index in [9.17, 15) is 9.59 Å². The lowest BCUT2D eigenvalue weighted by atomic mass is 10.2. The first-order chi connectivity index (χ1) is 6.61. The molecule has 0 aliphatic heterocycles. The van der Waals surface area contributed by atoms with E-state index in [4.69, 9.17) is 10.8 Å². The van der Waals surface area contributed by atoms with Crippen molar-refractivity contribution in [2.24, 2.45) is 11.7 Å². The van der Waals surface area contributed by atoms with Gasteiger partial charge >= 0.3 is 5.97 Å². The first kappa shape index (κ1) is 11.0. The molecule has 0 aromatic heterocycles. The van der Waals surface area contributed by atoms with Gasteiger partial charge in [-0.25, -0.2) is 0 Å². The van der Waals surface area contributed by atoms with Crippen LogP contribution in [0.4, 0.5) is 0 Å². The Kier molecular flexibility index (Phi) is 3.88. The molecule has 1 aliphatic rings. The zero-order chi connectivity index (χ0) is 10.6. The van der Waals surface area contributed by atoms with Crippen molar-refractivity contribution in [3.8, 4) is 0 Å². The van der Waals surface area contributed by atoms with E-state index in [2.05, 4.69) is 5.32 Å². The van der Waals surface area contributed by atoms with Gasteiger partial charge in [-0.1, -0.05) is 0 Å². The first-order valence-corrected chi connectivity index (χ1v) is 4.85. The molecule has 0 aromatic carbocycles. The molecule has 0 bridgehead atoms. The number of nitrogens with two attached hydrogens (primary N) is 1. The summed E-state index contributed by atoms with van der Waals surface area (Å²) in [5.74, 6) is -0.863. The van der Waals surface area contributed by atoms with E-state index in [1.165, 1.54) is 0 Å². The van der Waals surface area contributed by atoms with Crippen LogP contribution in [0.1, 0.15) is 25.7 Å². The van der Waals surface area contributed by atoms with Gasteiger partial charge in [-0.3, -0.25) is 9.59 Å². The van der Waals surface area contributed by atoms with Crippen LogP contribution >= 0.6 is 0 Å². The van der Waals surface area contributed by atoms with Gasteiger partial charge in [-0.05, 0) is 31.7 Å². The van der Waals surface area contributed by atoms with Crippen molar-refractivity contribution in [3.63, 3.8) is 0 Å². The van der Waals surface area contributed by atoms with Crippen LogP contribution < -0.4 is 11.1 Å². The van der Waals surface area contributed by atoms with Gasteiger partial charge in [0, 0.05) is 6.42 Å². The minimum absolute atomic E-state index is 0.279. The maximum atomic E-state index is 10.8. The van der Waals surface area contributed by atoms with Crippen LogP contribution in [0, 0.1) is 5.92 Å². The third kappa shape index (κ3) is 3.74. The topological polar surface area (TPSA) is 92.4 Å². The Morgan fingerprint density at radius 1 is 1.50 bits per heavy atom. The predicted molar refractivity (Wildman–Crippen MR) is 50.6 cm³/mol. The van der Waals surface area contributed by atoms with Crippen LogP contribution in [-0.2, 0) is 9.59 Å². The van der Waals surface area contributed by atoms with E-state index in [0.717, 1.165) is 12.8 Å². The summed E-state index contributed by atoms with van der Waals surface area (Å²) in [6.07, 6.45) is 2.88. The average Bonchev–Trinajstić information content (AvgIpc) is 2.86. The number of rotatable bonds is 7. The molecule has 1 fully saturated rings. The van der Waals surface area contributed by atoms with Crippen molar-refractivity contribution in [1.29, 1.82) is 0 Å². The summed E-state index contributed by atoms with van der Waals surface area (Å²) < 4.78 is 0. The van der Waals surface area contributed by atoms with E-state index in [1.54, 1.807) is 0 Å². The van der Waals surface area contributed by atoms with Crippen LogP contribution in [0.2, 0.25) is 0 Å². The number of carboxylic acids is 1. The number of primary amides is 1. The number of aliphatic carboxylic acids is 1. The number of nitrogens with one attached hydrogen (secondary N) is 1. The molecule has 1 amide bonds. The Hall–Kier alpha value is -1.10. The van der Waals surface area contributed by atoms with E-state index >= 15 is 0 Å². The monoisotopic (exact) mass is 200 g/mol. The van der Waals surface area contributed by atoms with Crippen LogP contribution in [0.25, 0.3) is 0 Å². The fourth-order valence-corrected chi connectivity index (χ4v) is 1.41. The molecule has 1 atom stereocenters. The van der Waals surface area contributed by atoms with Crippen molar-refractivity contribution in [2.75, 3.05) is 6.54 Å². The lowest BCUT2D eigenvalue weighted by molar-refractivity contribution is -0.140. The van der Waals surface area contributed by atoms with Gasteiger partial charge in [0.1, 0.15) is 6.04 Å². The van der Waals surface area contributed by atoms with E-state index in [0.29, 0.717) is 19.4 Å². The molecule has 1 saturated carbocycles. The molecular formula is C9H16N2O3. The number of carboxylic acid groups (broad SMARTS) is 1. The fourth-order valence-electron chi connectivity index (χ4n) is 1.41. The molecule has 5 heteroatoms. The van der Waals surface area contributed by atoms with Gasteiger partial charge in [-0.2, -0.15) is 0 Å². The maximum Gasteiger partial charge on any atom is 0.320 e. The van der Waals surface area contributed by atoms with Crippen LogP contribution in [-0.4, -0.2) is 29.6 Å². The predicted octanol–water partition coefficient (Wildman–Crippen LogP) is -0.295. The second-order valence-corrected chi connectivity index (χ2v) is 3.68. The van der Waals surface area contributed by atoms with E-state index < -0.39 is 12.0 Å². The van der Waals surface area contributed by atoms with Gasteiger partial charge in [0.05, 0.1) is 0 Å². The van der Waals surface area contributed by atoms with Crippen LogP contribution in [0.5, 0.6) is 0 Å². The third-order valence-corrected chi connectivity index (χ3v) is 2.32. The highest BCUT2D eigenvalue weighted by Crippen LogP contribution is 2.32. The van der Waals surface area contributed by atoms with Gasteiger partial charge in [-0.15, -0.1) is 0 Å². The smallest absolute Gasteiger partial charge is 0.320 e. The quantitative estimate of drug-likeness (QED) is 0.492. The SMILES string of the molecule is NC(=O)CCCNC(C(=O)O)C1CC1. The summed E-state index contributed by atoms with van der Waals surface area (Å²) in [5, 5.41) is 11.8. The van der Waals surface area contributed by atoms with E-state index in [-0.39, 0.29) is 11.8 Å². The lowest BCUT2D eigenvalue weighted by Gasteiger charge is -2.12. The average molecular weight is 200 g/mol. The molecule has 1 aliphatic carbocycles. The standard InChI is InChI=1S/C9H16N2O3/c10-7(12)2-1-5-11-8(9(13)14)6-3-4-6/h6,8,11H,1-5H2,(H2,10,12)(H,13,14). The lowest BCUT2D eigenvalue weighted by Crippen LogP contribution is -2.39. The molecule has 14 heavy (non-hydrogen) atoms. The summed E-state index contributed by atoms with van der Waals surface area (Å²) >= 11 is 0. The molecule has 4 N–H and O–H groups in total.